The lowest BCUT2D eigenvalue weighted by atomic mass is 10.00. The first-order valence-corrected chi connectivity index (χ1v) is 29.5. The lowest BCUT2D eigenvalue weighted by molar-refractivity contribution is 0.672. The number of benzene rings is 13. The summed E-state index contributed by atoms with van der Waals surface area (Å²) in [5.41, 5.74) is 19.7. The van der Waals surface area contributed by atoms with Crippen molar-refractivity contribution in [1.82, 2.24) is 18.3 Å². The molecule has 0 radical (unpaired) electrons. The van der Waals surface area contributed by atoms with Gasteiger partial charge in [-0.2, -0.15) is 5.26 Å². The average Bonchev–Trinajstić information content (AvgIpc) is 1.58. The van der Waals surface area contributed by atoms with Crippen LogP contribution in [0.5, 0.6) is 0 Å². The summed E-state index contributed by atoms with van der Waals surface area (Å²) in [6.45, 7) is 8.58. The van der Waals surface area contributed by atoms with Crippen molar-refractivity contribution in [3.8, 4) is 51.1 Å². The van der Waals surface area contributed by atoms with Gasteiger partial charge in [-0.1, -0.05) is 133 Å². The zero-order chi connectivity index (χ0) is 57.9. The van der Waals surface area contributed by atoms with Crippen molar-refractivity contribution in [2.24, 2.45) is 0 Å². The van der Waals surface area contributed by atoms with E-state index in [1.807, 2.05) is 30.3 Å². The van der Waals surface area contributed by atoms with Gasteiger partial charge >= 0.3 is 0 Å². The average molecular weight is 1120 g/mol. The van der Waals surface area contributed by atoms with Crippen molar-refractivity contribution in [3.05, 3.63) is 284 Å². The first-order chi connectivity index (χ1) is 43.6. The molecule has 13 aromatic carbocycles. The van der Waals surface area contributed by atoms with Gasteiger partial charge in [0.25, 0.3) is 0 Å². The van der Waals surface area contributed by atoms with E-state index in [-0.39, 0.29) is 0 Å². The summed E-state index contributed by atoms with van der Waals surface area (Å²) in [5.74, 6) is 0. The van der Waals surface area contributed by atoms with E-state index in [0.29, 0.717) is 22.6 Å². The molecule has 0 saturated heterocycles. The topological polar surface area (TPSA) is 74.2 Å². The molecule has 0 unspecified atom stereocenters. The number of nitriles is 1. The van der Waals surface area contributed by atoms with Crippen LogP contribution >= 0.6 is 0 Å². The number of aromatic nitrogens is 4. The molecule has 8 heteroatoms. The number of hydrogen-bond acceptors (Lipinski definition) is 3. The second-order valence-corrected chi connectivity index (χ2v) is 22.9. The van der Waals surface area contributed by atoms with Crippen molar-refractivity contribution in [2.45, 2.75) is 0 Å². The minimum atomic E-state index is 0.349. The van der Waals surface area contributed by atoms with Crippen LogP contribution in [0.4, 0.5) is 5.69 Å². The molecule has 6 aromatic heterocycles. The Morgan fingerprint density at radius 3 is 1.18 bits per heavy atom. The van der Waals surface area contributed by atoms with Crippen molar-refractivity contribution in [2.75, 3.05) is 0 Å². The van der Waals surface area contributed by atoms with E-state index < -0.39 is 0 Å². The highest BCUT2D eigenvalue weighted by Gasteiger charge is 2.28. The number of para-hydroxylation sites is 6. The van der Waals surface area contributed by atoms with Gasteiger partial charge in [-0.15, -0.1) is 0 Å². The molecule has 88 heavy (non-hydrogen) atoms. The summed E-state index contributed by atoms with van der Waals surface area (Å²) < 4.78 is 23.1. The first-order valence-electron chi connectivity index (χ1n) is 29.5. The molecule has 19 aromatic rings. The largest absolute Gasteiger partial charge is 0.455 e. The fourth-order valence-corrected chi connectivity index (χ4v) is 14.6. The van der Waals surface area contributed by atoms with Gasteiger partial charge in [-0.25, -0.2) is 4.85 Å². The fraction of sp³-hybridized carbons (Fsp3) is 0. The molecule has 0 N–H and O–H groups in total. The zero-order valence-corrected chi connectivity index (χ0v) is 46.9. The van der Waals surface area contributed by atoms with Crippen LogP contribution in [-0.4, -0.2) is 18.3 Å². The van der Waals surface area contributed by atoms with E-state index in [4.69, 9.17) is 15.4 Å². The van der Waals surface area contributed by atoms with Crippen molar-refractivity contribution in [1.29, 1.82) is 5.26 Å². The number of rotatable bonds is 6. The van der Waals surface area contributed by atoms with Crippen LogP contribution in [0.3, 0.4) is 0 Å². The van der Waals surface area contributed by atoms with Crippen LogP contribution in [0, 0.1) is 17.9 Å². The molecular formula is C80H44N6O2. The normalized spacial score (nSPS) is 12.1. The van der Waals surface area contributed by atoms with Crippen LogP contribution in [-0.2, 0) is 0 Å². The third kappa shape index (κ3) is 6.65. The summed E-state index contributed by atoms with van der Waals surface area (Å²) in [7, 11) is 0. The molecule has 6 heterocycles. The van der Waals surface area contributed by atoms with E-state index in [0.717, 1.165) is 154 Å². The second-order valence-electron chi connectivity index (χ2n) is 22.9. The Morgan fingerprint density at radius 2 is 0.705 bits per heavy atom. The maximum atomic E-state index is 11.6. The van der Waals surface area contributed by atoms with E-state index in [1.165, 1.54) is 10.8 Å². The number of fused-ring (bicyclic) bond motifs is 20. The summed E-state index contributed by atoms with van der Waals surface area (Å²) in [6, 6.07) is 96.6. The quantitative estimate of drug-likeness (QED) is 0.156. The highest BCUT2D eigenvalue weighted by molar-refractivity contribution is 6.27. The highest BCUT2D eigenvalue weighted by Crippen LogP contribution is 2.48. The van der Waals surface area contributed by atoms with E-state index in [9.17, 15) is 5.26 Å². The van der Waals surface area contributed by atoms with Crippen LogP contribution in [0.1, 0.15) is 5.56 Å². The molecular weight excluding hydrogens is 1080 g/mol. The lowest BCUT2D eigenvalue weighted by Gasteiger charge is -2.19. The number of nitrogens with zero attached hydrogens (tertiary/aromatic N) is 6. The van der Waals surface area contributed by atoms with Gasteiger partial charge in [0.1, 0.15) is 28.4 Å². The molecule has 406 valence electrons. The molecule has 0 amide bonds. The Balaban J connectivity index is 0.878. The Labute approximate surface area is 501 Å². The molecule has 0 saturated carbocycles. The summed E-state index contributed by atoms with van der Waals surface area (Å²) in [5, 5.41) is 24.1. The highest BCUT2D eigenvalue weighted by atomic mass is 16.3. The monoisotopic (exact) mass is 1120 g/mol. The fourth-order valence-electron chi connectivity index (χ4n) is 14.6. The van der Waals surface area contributed by atoms with Gasteiger partial charge in [0, 0.05) is 65.2 Å². The van der Waals surface area contributed by atoms with Crippen LogP contribution in [0.2, 0.25) is 0 Å². The number of hydrogen-bond donors (Lipinski definition) is 0. The van der Waals surface area contributed by atoms with Gasteiger partial charge in [0.05, 0.1) is 78.4 Å². The van der Waals surface area contributed by atoms with Gasteiger partial charge in [-0.05, 0) is 156 Å². The Morgan fingerprint density at radius 1 is 0.318 bits per heavy atom. The molecule has 8 nitrogen and oxygen atoms in total. The van der Waals surface area contributed by atoms with E-state index in [1.54, 1.807) is 6.07 Å². The molecule has 0 bridgehead atoms. The van der Waals surface area contributed by atoms with Gasteiger partial charge in [-0.3, -0.25) is 0 Å². The van der Waals surface area contributed by atoms with Gasteiger partial charge in [0.2, 0.25) is 0 Å². The summed E-state index contributed by atoms with van der Waals surface area (Å²) in [4.78, 5) is 4.07. The molecule has 19 rings (SSSR count). The van der Waals surface area contributed by atoms with Crippen LogP contribution < -0.4 is 0 Å². The van der Waals surface area contributed by atoms with Crippen LogP contribution in [0.15, 0.2) is 276 Å². The second kappa shape index (κ2) is 18.1. The Bertz CT molecular complexity index is 6330. The SMILES string of the molecule is [C-]#[N+]c1cc(C#N)c(-n2c3ccc(-c4ccc5c(c4)c4ccccc4n5-c4ccccc4)cc3c3c4oc5ccccc5c4ccc32)c(-n2c3ccc(-c4ccc5c(c4)c4ccccc4n5-c4ccccc4)cc3c3c4oc5ccccc5c4ccc32)c1. The Kier molecular flexibility index (Phi) is 9.87. The smallest absolute Gasteiger partial charge is 0.190 e. The van der Waals surface area contributed by atoms with E-state index >= 15 is 0 Å². The summed E-state index contributed by atoms with van der Waals surface area (Å²) >= 11 is 0. The lowest BCUT2D eigenvalue weighted by Crippen LogP contribution is -2.06. The zero-order valence-electron chi connectivity index (χ0n) is 46.9. The third-order valence-electron chi connectivity index (χ3n) is 18.4. The van der Waals surface area contributed by atoms with Crippen molar-refractivity contribution < 1.29 is 8.83 Å². The molecule has 0 aliphatic carbocycles. The predicted molar refractivity (Wildman–Crippen MR) is 360 cm³/mol. The maximum Gasteiger partial charge on any atom is 0.190 e. The minimum Gasteiger partial charge on any atom is -0.455 e. The molecule has 0 atom stereocenters. The van der Waals surface area contributed by atoms with Gasteiger partial charge < -0.3 is 27.1 Å². The predicted octanol–water partition coefficient (Wildman–Crippen LogP) is 21.6. The molecule has 0 aliphatic heterocycles. The Hall–Kier alpha value is -12.4. The van der Waals surface area contributed by atoms with Gasteiger partial charge in [0.15, 0.2) is 5.69 Å². The van der Waals surface area contributed by atoms with Crippen molar-refractivity contribution in [3.63, 3.8) is 0 Å². The maximum absolute atomic E-state index is 11.6. The van der Waals surface area contributed by atoms with E-state index in [2.05, 4.69) is 260 Å². The molecule has 0 aliphatic rings. The van der Waals surface area contributed by atoms with Crippen LogP contribution in [0.25, 0.3) is 181 Å². The third-order valence-corrected chi connectivity index (χ3v) is 18.4. The first kappa shape index (κ1) is 48.1. The van der Waals surface area contributed by atoms with Crippen molar-refractivity contribution >= 4 is 137 Å². The molecule has 0 spiro atoms. The minimum absolute atomic E-state index is 0.349. The standard InChI is InChI=1S/C80H44N6O2/c1-82-52-40-51(46-81)78(86-70-37-31-50(44-64(70)77-72(86)39-33-60-58-23-11-15-27-75(58)88-80(60)77)48-29-35-68-62(42-48)56-21-9-13-25-66(56)84(68)54-18-6-3-7-19-54)73(45-52)85-69-36-30-49(43-63(69)76-71(85)38-32-59-57-22-10-14-26-74(57)87-79(59)76)47-28-34-67-61(41-47)55-20-8-12-24-65(55)83(67)53-16-4-2-5-17-53/h2-45H. The number of furan rings is 2. The molecule has 0 fully saturated rings. The summed E-state index contributed by atoms with van der Waals surface area (Å²) in [6.07, 6.45) is 0.